The molecule has 0 atom stereocenters. The Morgan fingerprint density at radius 1 is 1.25 bits per heavy atom. The van der Waals surface area contributed by atoms with Crippen LogP contribution in [0.1, 0.15) is 18.4 Å². The van der Waals surface area contributed by atoms with Crippen molar-refractivity contribution in [1.82, 2.24) is 0 Å². The third-order valence-corrected chi connectivity index (χ3v) is 3.01. The molecule has 0 aliphatic carbocycles. The molecule has 1 aliphatic rings. The molecule has 4 heteroatoms. The van der Waals surface area contributed by atoms with Gasteiger partial charge in [-0.05, 0) is 17.7 Å². The monoisotopic (exact) mass is 226 g/mol. The molecule has 1 aromatic rings. The number of nitrogens with two attached hydrogens (primary N) is 1. The number of piperidine rings is 1. The Kier molecular flexibility index (Phi) is 3.10. The summed E-state index contributed by atoms with van der Waals surface area (Å²) in [5, 5.41) is 0. The second-order valence-corrected chi connectivity index (χ2v) is 4.22. The van der Waals surface area contributed by atoms with E-state index in [9.17, 15) is 8.78 Å². The minimum absolute atomic E-state index is 0.0557. The first kappa shape index (κ1) is 11.3. The lowest BCUT2D eigenvalue weighted by atomic mass is 10.1. The molecule has 1 heterocycles. The largest absolute Gasteiger partial charge is 0.371 e. The zero-order chi connectivity index (χ0) is 11.6. The van der Waals surface area contributed by atoms with Crippen LogP contribution in [0.4, 0.5) is 14.5 Å². The summed E-state index contributed by atoms with van der Waals surface area (Å²) in [5.41, 5.74) is 7.59. The lowest BCUT2D eigenvalue weighted by Gasteiger charge is -2.33. The molecular weight excluding hydrogens is 210 g/mol. The van der Waals surface area contributed by atoms with E-state index in [1.165, 1.54) is 0 Å². The maximum Gasteiger partial charge on any atom is 0.251 e. The fourth-order valence-electron chi connectivity index (χ4n) is 1.97. The molecule has 88 valence electrons. The molecule has 1 saturated heterocycles. The molecule has 2 rings (SSSR count). The van der Waals surface area contributed by atoms with Crippen LogP contribution in [0.15, 0.2) is 24.3 Å². The van der Waals surface area contributed by atoms with E-state index in [0.717, 1.165) is 11.3 Å². The molecular formula is C12H16F2N2. The van der Waals surface area contributed by atoms with Crippen LogP contribution in [-0.2, 0) is 6.54 Å². The van der Waals surface area contributed by atoms with Gasteiger partial charge in [-0.3, -0.25) is 0 Å². The highest BCUT2D eigenvalue weighted by Crippen LogP contribution is 2.30. The van der Waals surface area contributed by atoms with Gasteiger partial charge in [0.2, 0.25) is 0 Å². The molecule has 0 unspecified atom stereocenters. The van der Waals surface area contributed by atoms with Crippen molar-refractivity contribution in [3.8, 4) is 0 Å². The Hall–Kier alpha value is -1.16. The lowest BCUT2D eigenvalue weighted by molar-refractivity contribution is -0.0220. The molecule has 1 aromatic carbocycles. The van der Waals surface area contributed by atoms with Gasteiger partial charge in [0.25, 0.3) is 5.92 Å². The van der Waals surface area contributed by atoms with Crippen LogP contribution in [0.25, 0.3) is 0 Å². The van der Waals surface area contributed by atoms with Gasteiger partial charge in [-0.1, -0.05) is 12.1 Å². The topological polar surface area (TPSA) is 29.3 Å². The highest BCUT2D eigenvalue weighted by Gasteiger charge is 2.33. The van der Waals surface area contributed by atoms with E-state index in [1.54, 1.807) is 0 Å². The van der Waals surface area contributed by atoms with Gasteiger partial charge in [0.15, 0.2) is 0 Å². The average Bonchev–Trinajstić information content (AvgIpc) is 2.29. The number of rotatable bonds is 2. The molecule has 2 nitrogen and oxygen atoms in total. The first-order valence-corrected chi connectivity index (χ1v) is 5.52. The molecule has 1 aliphatic heterocycles. The molecule has 2 N–H and O–H groups in total. The zero-order valence-corrected chi connectivity index (χ0v) is 9.13. The van der Waals surface area contributed by atoms with E-state index in [1.807, 2.05) is 29.2 Å². The minimum atomic E-state index is -2.48. The van der Waals surface area contributed by atoms with E-state index < -0.39 is 5.92 Å². The van der Waals surface area contributed by atoms with E-state index >= 15 is 0 Å². The van der Waals surface area contributed by atoms with Gasteiger partial charge >= 0.3 is 0 Å². The van der Waals surface area contributed by atoms with Crippen LogP contribution < -0.4 is 10.6 Å². The fourth-order valence-corrected chi connectivity index (χ4v) is 1.97. The summed E-state index contributed by atoms with van der Waals surface area (Å²) in [4.78, 5) is 2.00. The summed E-state index contributed by atoms with van der Waals surface area (Å²) < 4.78 is 26.0. The third kappa shape index (κ3) is 2.50. The number of hydrogen-bond donors (Lipinski definition) is 1. The number of hydrogen-bond acceptors (Lipinski definition) is 2. The highest BCUT2D eigenvalue weighted by molar-refractivity contribution is 5.49. The molecule has 0 bridgehead atoms. The molecule has 16 heavy (non-hydrogen) atoms. The van der Waals surface area contributed by atoms with Crippen molar-refractivity contribution < 1.29 is 8.78 Å². The van der Waals surface area contributed by atoms with Crippen molar-refractivity contribution >= 4 is 5.69 Å². The lowest BCUT2D eigenvalue weighted by Crippen LogP contribution is -2.39. The molecule has 0 amide bonds. The minimum Gasteiger partial charge on any atom is -0.371 e. The Bertz CT molecular complexity index is 356. The molecule has 0 saturated carbocycles. The maximum atomic E-state index is 13.0. The van der Waals surface area contributed by atoms with Crippen LogP contribution in [-0.4, -0.2) is 19.0 Å². The van der Waals surface area contributed by atoms with E-state index in [-0.39, 0.29) is 12.8 Å². The summed E-state index contributed by atoms with van der Waals surface area (Å²) in [5.74, 6) is -2.48. The van der Waals surface area contributed by atoms with Crippen molar-refractivity contribution in [1.29, 1.82) is 0 Å². The summed E-state index contributed by atoms with van der Waals surface area (Å²) >= 11 is 0. The van der Waals surface area contributed by atoms with Gasteiger partial charge in [-0.2, -0.15) is 0 Å². The normalized spacial score (nSPS) is 19.8. The van der Waals surface area contributed by atoms with Crippen molar-refractivity contribution in [2.75, 3.05) is 18.0 Å². The van der Waals surface area contributed by atoms with Gasteiger partial charge in [0.05, 0.1) is 0 Å². The fraction of sp³-hybridized carbons (Fsp3) is 0.500. The first-order valence-electron chi connectivity index (χ1n) is 5.52. The van der Waals surface area contributed by atoms with Gasteiger partial charge in [0.1, 0.15) is 0 Å². The quantitative estimate of drug-likeness (QED) is 0.839. The van der Waals surface area contributed by atoms with Crippen LogP contribution >= 0.6 is 0 Å². The van der Waals surface area contributed by atoms with Crippen LogP contribution in [0, 0.1) is 0 Å². The van der Waals surface area contributed by atoms with Crippen molar-refractivity contribution in [3.05, 3.63) is 29.8 Å². The SMILES string of the molecule is NCc1cccc(N2CCC(F)(F)CC2)c1. The number of alkyl halides is 2. The Morgan fingerprint density at radius 3 is 2.56 bits per heavy atom. The zero-order valence-electron chi connectivity index (χ0n) is 9.13. The molecule has 0 radical (unpaired) electrons. The Labute approximate surface area is 94.0 Å². The summed E-state index contributed by atoms with van der Waals surface area (Å²) in [7, 11) is 0. The third-order valence-electron chi connectivity index (χ3n) is 3.01. The Morgan fingerprint density at radius 2 is 1.94 bits per heavy atom. The highest BCUT2D eigenvalue weighted by atomic mass is 19.3. The second-order valence-electron chi connectivity index (χ2n) is 4.22. The summed E-state index contributed by atoms with van der Waals surface area (Å²) in [6.07, 6.45) is -0.111. The summed E-state index contributed by atoms with van der Waals surface area (Å²) in [6.45, 7) is 1.32. The van der Waals surface area contributed by atoms with Crippen molar-refractivity contribution in [3.63, 3.8) is 0 Å². The number of nitrogens with zero attached hydrogens (tertiary/aromatic N) is 1. The van der Waals surface area contributed by atoms with Crippen LogP contribution in [0.2, 0.25) is 0 Å². The predicted octanol–water partition coefficient (Wildman–Crippen LogP) is 2.38. The van der Waals surface area contributed by atoms with Crippen LogP contribution in [0.5, 0.6) is 0 Å². The van der Waals surface area contributed by atoms with Crippen molar-refractivity contribution in [2.24, 2.45) is 5.73 Å². The molecule has 0 spiro atoms. The predicted molar refractivity (Wildman–Crippen MR) is 60.7 cm³/mol. The Balaban J connectivity index is 2.08. The first-order chi connectivity index (χ1) is 7.61. The van der Waals surface area contributed by atoms with Crippen molar-refractivity contribution in [2.45, 2.75) is 25.3 Å². The van der Waals surface area contributed by atoms with E-state index in [0.29, 0.717) is 19.6 Å². The maximum absolute atomic E-state index is 13.0. The van der Waals surface area contributed by atoms with E-state index in [4.69, 9.17) is 5.73 Å². The van der Waals surface area contributed by atoms with Gasteiger partial charge in [0, 0.05) is 38.2 Å². The standard InChI is InChI=1S/C12H16F2N2/c13-12(14)4-6-16(7-5-12)11-3-1-2-10(8-11)9-15/h1-3,8H,4-7,9,15H2. The van der Waals surface area contributed by atoms with Crippen LogP contribution in [0.3, 0.4) is 0 Å². The number of benzene rings is 1. The number of anilines is 1. The van der Waals surface area contributed by atoms with E-state index in [2.05, 4.69) is 0 Å². The van der Waals surface area contributed by atoms with Gasteiger partial charge in [-0.15, -0.1) is 0 Å². The second kappa shape index (κ2) is 4.37. The molecule has 0 aromatic heterocycles. The van der Waals surface area contributed by atoms with Gasteiger partial charge in [-0.25, -0.2) is 8.78 Å². The smallest absolute Gasteiger partial charge is 0.251 e. The average molecular weight is 226 g/mol. The number of halogens is 2. The molecule has 1 fully saturated rings. The summed E-state index contributed by atoms with van der Waals surface area (Å²) in [6, 6.07) is 7.79. The van der Waals surface area contributed by atoms with Gasteiger partial charge < -0.3 is 10.6 Å².